The van der Waals surface area contributed by atoms with Gasteiger partial charge in [-0.15, -0.1) is 0 Å². The van der Waals surface area contributed by atoms with E-state index in [2.05, 4.69) is 24.4 Å². The van der Waals surface area contributed by atoms with Crippen LogP contribution >= 0.6 is 0 Å². The molecule has 5 nitrogen and oxygen atoms in total. The van der Waals surface area contributed by atoms with Crippen molar-refractivity contribution in [2.75, 3.05) is 4.90 Å². The molecular weight excluding hydrogens is 226 g/mol. The standard InChI is InChI=1S/C13H21N5/c1-4-10-6-5-7-11(8-10)18(9(2)3)13(16)17-12(14)15/h5-9H,4H2,1-3H3,(H5,14,15,16,17). The first-order chi connectivity index (χ1) is 8.45. The van der Waals surface area contributed by atoms with Gasteiger partial charge in [0, 0.05) is 11.7 Å². The van der Waals surface area contributed by atoms with Gasteiger partial charge in [-0.05, 0) is 38.0 Å². The number of nitrogens with zero attached hydrogens (tertiary/aromatic N) is 1. The Hall–Kier alpha value is -2.04. The summed E-state index contributed by atoms with van der Waals surface area (Å²) in [5.41, 5.74) is 7.42. The Bertz CT molecular complexity index is 439. The van der Waals surface area contributed by atoms with Gasteiger partial charge in [-0.1, -0.05) is 19.1 Å². The van der Waals surface area contributed by atoms with Crippen LogP contribution in [0.4, 0.5) is 5.69 Å². The minimum atomic E-state index is -0.225. The number of benzene rings is 1. The Kier molecular flexibility index (Phi) is 4.71. The largest absolute Gasteiger partial charge is 0.370 e. The van der Waals surface area contributed by atoms with Crippen molar-refractivity contribution in [1.29, 1.82) is 10.8 Å². The quantitative estimate of drug-likeness (QED) is 0.485. The molecule has 1 aromatic rings. The average molecular weight is 247 g/mol. The van der Waals surface area contributed by atoms with Gasteiger partial charge in [0.15, 0.2) is 5.96 Å². The summed E-state index contributed by atoms with van der Waals surface area (Å²) >= 11 is 0. The number of nitrogens with two attached hydrogens (primary N) is 1. The summed E-state index contributed by atoms with van der Waals surface area (Å²) in [5, 5.41) is 17.7. The second kappa shape index (κ2) is 6.05. The van der Waals surface area contributed by atoms with E-state index in [9.17, 15) is 0 Å². The maximum Gasteiger partial charge on any atom is 0.202 e. The molecule has 1 aromatic carbocycles. The van der Waals surface area contributed by atoms with Gasteiger partial charge in [-0.25, -0.2) is 0 Å². The number of nitrogens with one attached hydrogen (secondary N) is 3. The molecule has 1 rings (SSSR count). The molecule has 0 amide bonds. The zero-order valence-electron chi connectivity index (χ0n) is 11.1. The summed E-state index contributed by atoms with van der Waals surface area (Å²) in [4.78, 5) is 1.81. The van der Waals surface area contributed by atoms with E-state index in [1.54, 1.807) is 4.90 Å². The Morgan fingerprint density at radius 3 is 2.56 bits per heavy atom. The molecule has 0 aliphatic carbocycles. The highest BCUT2D eigenvalue weighted by atomic mass is 15.3. The van der Waals surface area contributed by atoms with E-state index in [0.29, 0.717) is 0 Å². The molecule has 0 aliphatic heterocycles. The Balaban J connectivity index is 3.03. The fourth-order valence-electron chi connectivity index (χ4n) is 1.80. The number of anilines is 1. The van der Waals surface area contributed by atoms with Gasteiger partial charge in [0.1, 0.15) is 0 Å². The first kappa shape index (κ1) is 14.0. The molecule has 98 valence electrons. The summed E-state index contributed by atoms with van der Waals surface area (Å²) in [7, 11) is 0. The van der Waals surface area contributed by atoms with Gasteiger partial charge >= 0.3 is 0 Å². The SMILES string of the molecule is CCc1cccc(N(C(=N)NC(=N)N)C(C)C)c1. The van der Waals surface area contributed by atoms with Crippen LogP contribution in [0.25, 0.3) is 0 Å². The topological polar surface area (TPSA) is 89.0 Å². The zero-order chi connectivity index (χ0) is 13.7. The van der Waals surface area contributed by atoms with Crippen LogP contribution in [0.15, 0.2) is 24.3 Å². The van der Waals surface area contributed by atoms with Crippen LogP contribution in [0, 0.1) is 10.8 Å². The van der Waals surface area contributed by atoms with E-state index in [0.717, 1.165) is 12.1 Å². The fraction of sp³-hybridized carbons (Fsp3) is 0.385. The molecular formula is C13H21N5. The van der Waals surface area contributed by atoms with Crippen molar-refractivity contribution in [2.45, 2.75) is 33.2 Å². The third kappa shape index (κ3) is 3.48. The van der Waals surface area contributed by atoms with Crippen LogP contribution in [0.5, 0.6) is 0 Å². The molecule has 0 atom stereocenters. The molecule has 0 bridgehead atoms. The third-order valence-electron chi connectivity index (χ3n) is 2.61. The van der Waals surface area contributed by atoms with E-state index in [4.69, 9.17) is 16.6 Å². The molecule has 5 heteroatoms. The summed E-state index contributed by atoms with van der Waals surface area (Å²) in [5.74, 6) is -0.108. The Morgan fingerprint density at radius 2 is 2.06 bits per heavy atom. The van der Waals surface area contributed by atoms with E-state index in [-0.39, 0.29) is 18.0 Å². The first-order valence-electron chi connectivity index (χ1n) is 6.03. The van der Waals surface area contributed by atoms with Crippen LogP contribution in [0.1, 0.15) is 26.3 Å². The predicted molar refractivity (Wildman–Crippen MR) is 76.2 cm³/mol. The minimum Gasteiger partial charge on any atom is -0.370 e. The van der Waals surface area contributed by atoms with Gasteiger partial charge in [0.25, 0.3) is 0 Å². The molecule has 5 N–H and O–H groups in total. The molecule has 0 radical (unpaired) electrons. The van der Waals surface area contributed by atoms with Crippen molar-refractivity contribution >= 4 is 17.6 Å². The fourth-order valence-corrected chi connectivity index (χ4v) is 1.80. The number of guanidine groups is 2. The molecule has 0 aliphatic rings. The molecule has 0 spiro atoms. The van der Waals surface area contributed by atoms with Crippen LogP contribution in [-0.2, 0) is 6.42 Å². The van der Waals surface area contributed by atoms with Crippen molar-refractivity contribution in [1.82, 2.24) is 5.32 Å². The van der Waals surface area contributed by atoms with Crippen LogP contribution in [-0.4, -0.2) is 18.0 Å². The highest BCUT2D eigenvalue weighted by Crippen LogP contribution is 2.19. The molecule has 18 heavy (non-hydrogen) atoms. The van der Waals surface area contributed by atoms with Crippen LogP contribution in [0.3, 0.4) is 0 Å². The monoisotopic (exact) mass is 247 g/mol. The average Bonchev–Trinajstić information content (AvgIpc) is 2.28. The lowest BCUT2D eigenvalue weighted by Crippen LogP contribution is -2.49. The molecule has 0 unspecified atom stereocenters. The predicted octanol–water partition coefficient (Wildman–Crippen LogP) is 1.88. The smallest absolute Gasteiger partial charge is 0.202 e. The number of hydrogen-bond donors (Lipinski definition) is 4. The van der Waals surface area contributed by atoms with Gasteiger partial charge in [-0.2, -0.15) is 0 Å². The lowest BCUT2D eigenvalue weighted by molar-refractivity contribution is 0.790. The summed E-state index contributed by atoms with van der Waals surface area (Å²) < 4.78 is 0. The summed E-state index contributed by atoms with van der Waals surface area (Å²) in [6.07, 6.45) is 0.952. The van der Waals surface area contributed by atoms with Crippen LogP contribution < -0.4 is 16.0 Å². The van der Waals surface area contributed by atoms with Gasteiger partial charge in [0.2, 0.25) is 5.96 Å². The lowest BCUT2D eigenvalue weighted by Gasteiger charge is -2.29. The Labute approximate surface area is 108 Å². The lowest BCUT2D eigenvalue weighted by atomic mass is 10.1. The number of hydrogen-bond acceptors (Lipinski definition) is 2. The van der Waals surface area contributed by atoms with Gasteiger partial charge in [0.05, 0.1) is 0 Å². The van der Waals surface area contributed by atoms with Crippen molar-refractivity contribution in [3.05, 3.63) is 29.8 Å². The summed E-state index contributed by atoms with van der Waals surface area (Å²) in [6.45, 7) is 6.09. The zero-order valence-corrected chi connectivity index (χ0v) is 11.1. The first-order valence-corrected chi connectivity index (χ1v) is 6.03. The molecule has 0 heterocycles. The van der Waals surface area contributed by atoms with Crippen molar-refractivity contribution in [3.63, 3.8) is 0 Å². The van der Waals surface area contributed by atoms with Crippen molar-refractivity contribution < 1.29 is 0 Å². The molecule has 0 saturated heterocycles. The second-order valence-electron chi connectivity index (χ2n) is 4.37. The van der Waals surface area contributed by atoms with Crippen molar-refractivity contribution in [3.8, 4) is 0 Å². The maximum atomic E-state index is 7.97. The normalized spacial score (nSPS) is 10.2. The van der Waals surface area contributed by atoms with E-state index in [1.165, 1.54) is 5.56 Å². The third-order valence-corrected chi connectivity index (χ3v) is 2.61. The maximum absolute atomic E-state index is 7.97. The number of aryl methyl sites for hydroxylation is 1. The van der Waals surface area contributed by atoms with Gasteiger partial charge in [-0.3, -0.25) is 16.1 Å². The van der Waals surface area contributed by atoms with E-state index < -0.39 is 0 Å². The Morgan fingerprint density at radius 1 is 1.39 bits per heavy atom. The highest BCUT2D eigenvalue weighted by Gasteiger charge is 2.16. The molecule has 0 saturated carbocycles. The van der Waals surface area contributed by atoms with Crippen molar-refractivity contribution in [2.24, 2.45) is 5.73 Å². The number of rotatable bonds is 3. The molecule has 0 aromatic heterocycles. The highest BCUT2D eigenvalue weighted by molar-refractivity contribution is 6.03. The van der Waals surface area contributed by atoms with E-state index in [1.807, 2.05) is 26.0 Å². The van der Waals surface area contributed by atoms with Gasteiger partial charge < -0.3 is 10.6 Å². The second-order valence-corrected chi connectivity index (χ2v) is 4.37. The van der Waals surface area contributed by atoms with E-state index >= 15 is 0 Å². The summed E-state index contributed by atoms with van der Waals surface area (Å²) in [6, 6.07) is 8.15. The minimum absolute atomic E-state index is 0.108. The molecule has 0 fully saturated rings. The van der Waals surface area contributed by atoms with Crippen LogP contribution in [0.2, 0.25) is 0 Å².